The van der Waals surface area contributed by atoms with Gasteiger partial charge in [-0.25, -0.2) is 0 Å². The molecule has 3 rings (SSSR count). The van der Waals surface area contributed by atoms with Gasteiger partial charge in [-0.1, -0.05) is 11.6 Å². The third-order valence-corrected chi connectivity index (χ3v) is 5.57. The van der Waals surface area contributed by atoms with Crippen molar-refractivity contribution >= 4 is 11.9 Å². The summed E-state index contributed by atoms with van der Waals surface area (Å²) in [4.78, 5) is 19.0. The molecule has 1 spiro atoms. The smallest absolute Gasteiger partial charge is 0.220 e. The number of piperidine rings is 1. The van der Waals surface area contributed by atoms with Crippen LogP contribution >= 0.6 is 0 Å². The number of nitrogens with one attached hydrogen (secondary N) is 2. The van der Waals surface area contributed by atoms with Crippen LogP contribution < -0.4 is 10.6 Å². The van der Waals surface area contributed by atoms with E-state index in [2.05, 4.69) is 28.5 Å². The normalized spacial score (nSPS) is 28.0. The molecule has 0 aromatic heterocycles. The number of guanidine groups is 1. The van der Waals surface area contributed by atoms with Crippen LogP contribution in [0.25, 0.3) is 0 Å². The summed E-state index contributed by atoms with van der Waals surface area (Å²) >= 11 is 0. The second-order valence-corrected chi connectivity index (χ2v) is 7.57. The Morgan fingerprint density at radius 2 is 2.33 bits per heavy atom. The van der Waals surface area contributed by atoms with Gasteiger partial charge in [0.15, 0.2) is 5.96 Å². The predicted molar refractivity (Wildman–Crippen MR) is 98.0 cm³/mol. The number of rotatable bonds is 4. The minimum atomic E-state index is 0.122. The van der Waals surface area contributed by atoms with Gasteiger partial charge in [-0.05, 0) is 51.9 Å². The molecule has 0 bridgehead atoms. The lowest BCUT2D eigenvalue weighted by atomic mass is 9.79. The highest BCUT2D eigenvalue weighted by atomic mass is 16.1. The van der Waals surface area contributed by atoms with E-state index in [1.165, 1.54) is 25.7 Å². The molecule has 5 nitrogen and oxygen atoms in total. The molecule has 1 unspecified atom stereocenters. The number of hydrogen-bond acceptors (Lipinski definition) is 2. The quantitative estimate of drug-likeness (QED) is 0.472. The Balaban J connectivity index is 1.60. The maximum Gasteiger partial charge on any atom is 0.220 e. The summed E-state index contributed by atoms with van der Waals surface area (Å²) in [6.45, 7) is 6.70. The average Bonchev–Trinajstić information content (AvgIpc) is 2.95. The van der Waals surface area contributed by atoms with E-state index in [0.717, 1.165) is 57.9 Å². The number of nitrogens with zero attached hydrogens (tertiary/aromatic N) is 2. The monoisotopic (exact) mass is 332 g/mol. The molecule has 3 aliphatic rings. The first kappa shape index (κ1) is 17.3. The van der Waals surface area contributed by atoms with E-state index in [0.29, 0.717) is 6.42 Å². The van der Waals surface area contributed by atoms with Gasteiger partial charge in [0.05, 0.1) is 0 Å². The summed E-state index contributed by atoms with van der Waals surface area (Å²) < 4.78 is 0. The van der Waals surface area contributed by atoms with Crippen molar-refractivity contribution in [2.75, 3.05) is 32.7 Å². The lowest BCUT2D eigenvalue weighted by molar-refractivity contribution is -0.119. The van der Waals surface area contributed by atoms with Gasteiger partial charge < -0.3 is 15.5 Å². The number of carbonyl (C=O) groups is 1. The van der Waals surface area contributed by atoms with Crippen LogP contribution in [0, 0.1) is 5.41 Å². The van der Waals surface area contributed by atoms with Crippen molar-refractivity contribution in [1.82, 2.24) is 15.5 Å². The summed E-state index contributed by atoms with van der Waals surface area (Å²) in [5.41, 5.74) is 1.71. The van der Waals surface area contributed by atoms with Crippen LogP contribution in [0.4, 0.5) is 0 Å². The third-order valence-electron chi connectivity index (χ3n) is 5.57. The average molecular weight is 332 g/mol. The van der Waals surface area contributed by atoms with Gasteiger partial charge >= 0.3 is 0 Å². The zero-order valence-electron chi connectivity index (χ0n) is 15.1. The first-order chi connectivity index (χ1) is 11.7. The molecular weight excluding hydrogens is 300 g/mol. The highest BCUT2D eigenvalue weighted by Gasteiger charge is 2.42. The minimum absolute atomic E-state index is 0.122. The van der Waals surface area contributed by atoms with Crippen molar-refractivity contribution in [1.29, 1.82) is 0 Å². The van der Waals surface area contributed by atoms with E-state index < -0.39 is 0 Å². The first-order valence-electron chi connectivity index (χ1n) is 9.69. The fourth-order valence-corrected chi connectivity index (χ4v) is 4.29. The Hall–Kier alpha value is -1.52. The molecule has 0 aromatic carbocycles. The number of hydrogen-bond donors (Lipinski definition) is 2. The number of likely N-dealkylation sites (tertiary alicyclic amines) is 1. The summed E-state index contributed by atoms with van der Waals surface area (Å²) in [5.74, 6) is 1.25. The SMILES string of the molecule is CCNC(=NCCC1=CCCCC1)N1CCCC2(CNC(=O)C2)C1. The molecule has 2 saturated heterocycles. The molecule has 24 heavy (non-hydrogen) atoms. The van der Waals surface area contributed by atoms with E-state index in [-0.39, 0.29) is 11.3 Å². The highest BCUT2D eigenvalue weighted by molar-refractivity contribution is 5.81. The van der Waals surface area contributed by atoms with Crippen LogP contribution in [0.3, 0.4) is 0 Å². The first-order valence-corrected chi connectivity index (χ1v) is 9.69. The lowest BCUT2D eigenvalue weighted by Crippen LogP contribution is -2.51. The molecule has 2 fully saturated rings. The number of carbonyl (C=O) groups excluding carboxylic acids is 1. The van der Waals surface area contributed by atoms with Crippen molar-refractivity contribution in [3.63, 3.8) is 0 Å². The Morgan fingerprint density at radius 3 is 3.04 bits per heavy atom. The van der Waals surface area contributed by atoms with Crippen LogP contribution in [0.1, 0.15) is 58.3 Å². The fraction of sp³-hybridized carbons (Fsp3) is 0.789. The molecule has 0 aromatic rings. The van der Waals surface area contributed by atoms with Gasteiger partial charge in [0.25, 0.3) is 0 Å². The predicted octanol–water partition coefficient (Wildman–Crippen LogP) is 2.44. The maximum absolute atomic E-state index is 11.7. The minimum Gasteiger partial charge on any atom is -0.357 e. The van der Waals surface area contributed by atoms with E-state index in [1.807, 2.05) is 0 Å². The van der Waals surface area contributed by atoms with Crippen LogP contribution in [0.15, 0.2) is 16.6 Å². The molecule has 2 N–H and O–H groups in total. The van der Waals surface area contributed by atoms with Crippen molar-refractivity contribution in [2.24, 2.45) is 10.4 Å². The molecule has 2 aliphatic heterocycles. The van der Waals surface area contributed by atoms with Crippen molar-refractivity contribution in [3.05, 3.63) is 11.6 Å². The molecule has 2 heterocycles. The van der Waals surface area contributed by atoms with E-state index in [1.54, 1.807) is 5.57 Å². The van der Waals surface area contributed by atoms with E-state index in [4.69, 9.17) is 4.99 Å². The molecule has 0 radical (unpaired) electrons. The molecule has 134 valence electrons. The Kier molecular flexibility index (Phi) is 5.80. The molecule has 1 atom stereocenters. The second kappa shape index (κ2) is 8.04. The number of allylic oxidation sites excluding steroid dienone is 1. The molecule has 0 saturated carbocycles. The second-order valence-electron chi connectivity index (χ2n) is 7.57. The zero-order valence-corrected chi connectivity index (χ0v) is 15.1. The number of aliphatic imine (C=N–C) groups is 1. The van der Waals surface area contributed by atoms with Crippen LogP contribution in [-0.4, -0.2) is 49.5 Å². The summed E-state index contributed by atoms with van der Waals surface area (Å²) in [7, 11) is 0. The van der Waals surface area contributed by atoms with Crippen molar-refractivity contribution in [3.8, 4) is 0 Å². The van der Waals surface area contributed by atoms with E-state index in [9.17, 15) is 4.79 Å². The zero-order chi connectivity index (χ0) is 16.8. The van der Waals surface area contributed by atoms with Gasteiger partial charge in [-0.2, -0.15) is 0 Å². The summed E-state index contributed by atoms with van der Waals surface area (Å²) in [6.07, 6.45) is 11.7. The van der Waals surface area contributed by atoms with Gasteiger partial charge in [0.1, 0.15) is 0 Å². The van der Waals surface area contributed by atoms with Crippen molar-refractivity contribution in [2.45, 2.75) is 58.3 Å². The standard InChI is InChI=1S/C19H32N4O/c1-2-20-18(21-11-9-16-7-4-3-5-8-16)23-12-6-10-19(15-23)13-17(24)22-14-19/h7H,2-6,8-15H2,1H3,(H,20,21)(H,22,24). The maximum atomic E-state index is 11.7. The van der Waals surface area contributed by atoms with Crippen LogP contribution in [0.2, 0.25) is 0 Å². The molecular formula is C19H32N4O. The van der Waals surface area contributed by atoms with Gasteiger partial charge in [0.2, 0.25) is 5.91 Å². The summed E-state index contributed by atoms with van der Waals surface area (Å²) in [5, 5.41) is 6.48. The van der Waals surface area contributed by atoms with Crippen LogP contribution in [-0.2, 0) is 4.79 Å². The Morgan fingerprint density at radius 1 is 1.42 bits per heavy atom. The lowest BCUT2D eigenvalue weighted by Gasteiger charge is -2.40. The highest BCUT2D eigenvalue weighted by Crippen LogP contribution is 2.36. The topological polar surface area (TPSA) is 56.7 Å². The largest absolute Gasteiger partial charge is 0.357 e. The van der Waals surface area contributed by atoms with Gasteiger partial charge in [-0.15, -0.1) is 0 Å². The van der Waals surface area contributed by atoms with E-state index >= 15 is 0 Å². The van der Waals surface area contributed by atoms with Gasteiger partial charge in [-0.3, -0.25) is 9.79 Å². The molecule has 1 amide bonds. The Labute approximate surface area is 146 Å². The van der Waals surface area contributed by atoms with Gasteiger partial charge in [0, 0.05) is 44.6 Å². The van der Waals surface area contributed by atoms with Crippen molar-refractivity contribution < 1.29 is 4.79 Å². The van der Waals surface area contributed by atoms with Crippen LogP contribution in [0.5, 0.6) is 0 Å². The fourth-order valence-electron chi connectivity index (χ4n) is 4.29. The third kappa shape index (κ3) is 4.31. The Bertz CT molecular complexity index is 513. The summed E-state index contributed by atoms with van der Waals surface area (Å²) in [6, 6.07) is 0. The number of amides is 1. The molecule has 5 heteroatoms. The molecule has 1 aliphatic carbocycles.